The van der Waals surface area contributed by atoms with E-state index >= 15 is 9.59 Å². The maximum atomic E-state index is 15.8. The zero-order valence-electron chi connectivity index (χ0n) is 42.0. The fraction of sp³-hybridized carbons (Fsp3) is 0.596. The molecule has 11 atom stereocenters. The van der Waals surface area contributed by atoms with E-state index in [0.29, 0.717) is 11.1 Å². The van der Waals surface area contributed by atoms with Crippen molar-refractivity contribution < 1.29 is 76.6 Å². The number of hydrogen-bond donors (Lipinski definition) is 2. The number of nitrogens with one attached hydrogen (secondary N) is 1. The Bertz CT molecular complexity index is 2350. The minimum Gasteiger partial charge on any atom is -0.455 e. The molecule has 0 spiro atoms. The van der Waals surface area contributed by atoms with E-state index in [-0.39, 0.29) is 47.4 Å². The highest BCUT2D eigenvalue weighted by Gasteiger charge is 2.78. The van der Waals surface area contributed by atoms with Crippen LogP contribution in [0.5, 0.6) is 0 Å². The number of thioether (sulfide) groups is 1. The van der Waals surface area contributed by atoms with E-state index in [1.54, 1.807) is 111 Å². The van der Waals surface area contributed by atoms with Crippen LogP contribution < -0.4 is 5.32 Å². The van der Waals surface area contributed by atoms with Gasteiger partial charge in [-0.1, -0.05) is 76.2 Å². The van der Waals surface area contributed by atoms with Crippen molar-refractivity contribution in [3.05, 3.63) is 82.9 Å². The van der Waals surface area contributed by atoms with E-state index in [0.717, 1.165) is 11.8 Å². The number of alkyl carbamates (subject to hydrolysis) is 1. The number of amides is 1. The molecule has 70 heavy (non-hydrogen) atoms. The number of fused-ring (bicyclic) bond motifs is 5. The molecule has 1 amide bonds. The number of methoxy groups -OCH3 is 2. The number of rotatable bonds is 16. The van der Waals surface area contributed by atoms with Gasteiger partial charge in [0.05, 0.1) is 41.1 Å². The third-order valence-corrected chi connectivity index (χ3v) is 15.3. The van der Waals surface area contributed by atoms with Crippen LogP contribution in [0.3, 0.4) is 0 Å². The summed E-state index contributed by atoms with van der Waals surface area (Å²) in [6.07, 6.45) is -9.70. The van der Waals surface area contributed by atoms with Crippen LogP contribution in [0.4, 0.5) is 4.79 Å². The first-order chi connectivity index (χ1) is 32.8. The molecule has 1 heterocycles. The molecule has 1 saturated heterocycles. The molecule has 18 heteroatoms. The third kappa shape index (κ3) is 10.3. The van der Waals surface area contributed by atoms with Crippen LogP contribution >= 0.6 is 11.8 Å². The van der Waals surface area contributed by atoms with Gasteiger partial charge in [-0.25, -0.2) is 14.4 Å². The summed E-state index contributed by atoms with van der Waals surface area (Å²) in [7, 11) is 2.76. The van der Waals surface area contributed by atoms with Gasteiger partial charge in [-0.2, -0.15) is 0 Å². The lowest BCUT2D eigenvalue weighted by atomic mass is 9.44. The van der Waals surface area contributed by atoms with Gasteiger partial charge < -0.3 is 48.3 Å². The number of hydrogen-bond acceptors (Lipinski definition) is 17. The molecule has 2 N–H and O–H groups in total. The van der Waals surface area contributed by atoms with Crippen LogP contribution in [-0.2, 0) is 61.9 Å². The Kier molecular flexibility index (Phi) is 16.2. The summed E-state index contributed by atoms with van der Waals surface area (Å²) < 4.78 is 49.0. The van der Waals surface area contributed by atoms with Crippen molar-refractivity contribution in [1.29, 1.82) is 0 Å². The predicted molar refractivity (Wildman–Crippen MR) is 254 cm³/mol. The van der Waals surface area contributed by atoms with E-state index < -0.39 is 118 Å². The van der Waals surface area contributed by atoms with E-state index in [1.807, 2.05) is 0 Å². The number of ether oxygens (including phenoxy) is 8. The molecule has 6 rings (SSSR count). The Morgan fingerprint density at radius 3 is 2.09 bits per heavy atom. The Labute approximate surface area is 413 Å². The average Bonchev–Trinajstić information content (AvgIpc) is 3.28. The SMILES string of the molecule is CO[C@H]1C(=O)[C@]2(C)[C@@H](OC)C[C@H]3OC[C@@]3(OC(C)=O)[C@H]2[C@H](OC(=O)c2ccccc2)[C@]2(O)C[C@H](OC(=O)[C@H](OC(=O)CSCC(=O)C(C)C)[C@@H](NC(=O)OC(C)(C)C)c3ccccc3)C(C)=C1C2(C)C. The number of ketones is 2. The molecule has 2 aromatic rings. The first-order valence-corrected chi connectivity index (χ1v) is 24.6. The summed E-state index contributed by atoms with van der Waals surface area (Å²) in [4.78, 5) is 98.4. The van der Waals surface area contributed by atoms with Crippen LogP contribution in [-0.4, -0.2) is 132 Å². The van der Waals surface area contributed by atoms with Crippen molar-refractivity contribution in [3.63, 3.8) is 0 Å². The van der Waals surface area contributed by atoms with Crippen molar-refractivity contribution in [2.75, 3.05) is 32.3 Å². The first kappa shape index (κ1) is 54.2. The molecule has 0 radical (unpaired) electrons. The molecule has 2 saturated carbocycles. The maximum absolute atomic E-state index is 15.8. The minimum absolute atomic E-state index is 0.00442. The van der Waals surface area contributed by atoms with Crippen molar-refractivity contribution >= 4 is 53.3 Å². The zero-order valence-corrected chi connectivity index (χ0v) is 42.8. The summed E-state index contributed by atoms with van der Waals surface area (Å²) in [5.74, 6) is -6.32. The Morgan fingerprint density at radius 1 is 0.914 bits per heavy atom. The van der Waals surface area contributed by atoms with Crippen LogP contribution in [0.2, 0.25) is 0 Å². The Balaban J connectivity index is 1.53. The second-order valence-electron chi connectivity index (χ2n) is 20.6. The lowest BCUT2D eigenvalue weighted by Crippen LogP contribution is -2.82. The molecule has 382 valence electrons. The molecular formula is C52H67NO16S. The molecule has 3 aliphatic carbocycles. The average molecular weight is 994 g/mol. The number of esters is 4. The molecule has 0 aromatic heterocycles. The van der Waals surface area contributed by atoms with Crippen molar-refractivity contribution in [2.24, 2.45) is 22.7 Å². The monoisotopic (exact) mass is 993 g/mol. The summed E-state index contributed by atoms with van der Waals surface area (Å²) in [6.45, 7) is 16.0. The van der Waals surface area contributed by atoms with Crippen molar-refractivity contribution in [1.82, 2.24) is 5.32 Å². The van der Waals surface area contributed by atoms with Gasteiger partial charge in [-0.3, -0.25) is 19.2 Å². The largest absolute Gasteiger partial charge is 0.455 e. The van der Waals surface area contributed by atoms with Crippen molar-refractivity contribution in [2.45, 2.75) is 142 Å². The van der Waals surface area contributed by atoms with Gasteiger partial charge >= 0.3 is 30.0 Å². The van der Waals surface area contributed by atoms with E-state index in [2.05, 4.69) is 5.32 Å². The number of carbonyl (C=O) groups excluding carboxylic acids is 7. The Morgan fingerprint density at radius 2 is 1.54 bits per heavy atom. The first-order valence-electron chi connectivity index (χ1n) is 23.4. The summed E-state index contributed by atoms with van der Waals surface area (Å²) >= 11 is 0.991. The molecule has 2 aromatic carbocycles. The third-order valence-electron chi connectivity index (χ3n) is 14.4. The molecule has 4 aliphatic rings. The van der Waals surface area contributed by atoms with Gasteiger partial charge in [0.2, 0.25) is 6.10 Å². The van der Waals surface area contributed by atoms with Crippen LogP contribution in [0.15, 0.2) is 71.8 Å². The second-order valence-corrected chi connectivity index (χ2v) is 21.6. The summed E-state index contributed by atoms with van der Waals surface area (Å²) in [5.41, 5.74) is -7.24. The van der Waals surface area contributed by atoms with Crippen LogP contribution in [0.1, 0.15) is 104 Å². The van der Waals surface area contributed by atoms with Gasteiger partial charge in [-0.05, 0) is 63.5 Å². The quantitative estimate of drug-likeness (QED) is 0.110. The van der Waals surface area contributed by atoms with Crippen LogP contribution in [0, 0.1) is 22.7 Å². The molecule has 0 unspecified atom stereocenters. The smallest absolute Gasteiger partial charge is 0.408 e. The van der Waals surface area contributed by atoms with Gasteiger partial charge in [-0.15, -0.1) is 11.8 Å². The fourth-order valence-corrected chi connectivity index (χ4v) is 11.6. The van der Waals surface area contributed by atoms with Gasteiger partial charge in [0, 0.05) is 45.3 Å². The zero-order chi connectivity index (χ0) is 51.7. The highest BCUT2D eigenvalue weighted by Crippen LogP contribution is 2.65. The number of benzene rings is 2. The summed E-state index contributed by atoms with van der Waals surface area (Å²) in [5, 5.41) is 16.7. The van der Waals surface area contributed by atoms with E-state index in [9.17, 15) is 29.1 Å². The second kappa shape index (κ2) is 20.9. The minimum atomic E-state index is -2.30. The van der Waals surface area contributed by atoms with Crippen LogP contribution in [0.25, 0.3) is 0 Å². The van der Waals surface area contributed by atoms with E-state index in [1.165, 1.54) is 33.3 Å². The lowest BCUT2D eigenvalue weighted by molar-refractivity contribution is -0.347. The molecule has 1 aliphatic heterocycles. The topological polar surface area (TPSA) is 226 Å². The number of Topliss-reactive ketones (excluding diaryl/α,β-unsaturated/α-hetero) is 2. The summed E-state index contributed by atoms with van der Waals surface area (Å²) in [6, 6.07) is 14.9. The predicted octanol–water partition coefficient (Wildman–Crippen LogP) is 6.08. The normalized spacial score (nSPS) is 29.9. The molecule has 3 fully saturated rings. The van der Waals surface area contributed by atoms with Crippen molar-refractivity contribution in [3.8, 4) is 0 Å². The molecule has 17 nitrogen and oxygen atoms in total. The number of carbonyl (C=O) groups is 7. The highest BCUT2D eigenvalue weighted by molar-refractivity contribution is 8.00. The van der Waals surface area contributed by atoms with E-state index in [4.69, 9.17) is 37.9 Å². The van der Waals surface area contributed by atoms with Gasteiger partial charge in [0.25, 0.3) is 0 Å². The fourth-order valence-electron chi connectivity index (χ4n) is 10.7. The number of aliphatic hydroxyl groups is 1. The Hall–Kier alpha value is -5.14. The maximum Gasteiger partial charge on any atom is 0.408 e. The molecule has 2 bridgehead atoms. The standard InChI is InChI=1S/C52H67NO16S/c1-28(2)33(55)25-70-26-37(56)66-41(39(31-19-15-13-16-20-31)53-47(60)69-48(5,6)7)46(59)65-34-24-52(61)44(67-45(58)32-21-17-14-18-22-32)42-50(10,43(57)40(63-12)38(29(34)3)49(52,8)9)35(62-11)23-36-51(42,27-64-36)68-30(4)54/h13-22,28,34-36,39-42,44,61H,23-27H2,1-12H3,(H,53,60)/t34-,35-,36+,39-,40+,41+,42-,44-,50+,51-,52+/m0/s1. The van der Waals surface area contributed by atoms with Gasteiger partial charge in [0.15, 0.2) is 11.4 Å². The lowest BCUT2D eigenvalue weighted by Gasteiger charge is -2.67. The van der Waals surface area contributed by atoms with Gasteiger partial charge in [0.1, 0.15) is 47.4 Å². The molecular weight excluding hydrogens is 927 g/mol. The highest BCUT2D eigenvalue weighted by atomic mass is 32.2.